The van der Waals surface area contributed by atoms with Crippen molar-refractivity contribution in [3.63, 3.8) is 0 Å². The van der Waals surface area contributed by atoms with Crippen molar-refractivity contribution in [2.75, 3.05) is 37.9 Å². The molecule has 0 aromatic carbocycles. The lowest BCUT2D eigenvalue weighted by Gasteiger charge is -2.17. The number of nitrogen functional groups attached to an aromatic ring is 1. The number of nitrogens with two attached hydrogens (primary N) is 2. The van der Waals surface area contributed by atoms with Crippen molar-refractivity contribution in [2.24, 2.45) is 5.73 Å². The fraction of sp³-hybridized carbons (Fsp3) is 0.500. The summed E-state index contributed by atoms with van der Waals surface area (Å²) >= 11 is 0. The van der Waals surface area contributed by atoms with Crippen molar-refractivity contribution in [3.05, 3.63) is 17.8 Å². The number of hydrogen-bond donors (Lipinski definition) is 2. The number of amides is 1. The molecule has 1 aromatic rings. The number of pyridine rings is 1. The largest absolute Gasteiger partial charge is 0.397 e. The smallest absolute Gasteiger partial charge is 0.250 e. The van der Waals surface area contributed by atoms with Gasteiger partial charge in [-0.25, -0.2) is 4.98 Å². The Labute approximate surface area is 111 Å². The monoisotopic (exact) mass is 266 g/mol. The SMILES string of the molecule is COC1CN(c2cc(C(N)=O)c(N)cn2)CC1OC. The number of carbonyl (C=O) groups is 1. The second-order valence-corrected chi connectivity index (χ2v) is 4.45. The molecule has 7 nitrogen and oxygen atoms in total. The molecule has 7 heteroatoms. The van der Waals surface area contributed by atoms with Gasteiger partial charge in [0.15, 0.2) is 0 Å². The predicted molar refractivity (Wildman–Crippen MR) is 71.0 cm³/mol. The van der Waals surface area contributed by atoms with E-state index in [-0.39, 0.29) is 23.5 Å². The number of nitrogens with zero attached hydrogens (tertiary/aromatic N) is 2. The molecule has 19 heavy (non-hydrogen) atoms. The summed E-state index contributed by atoms with van der Waals surface area (Å²) in [6.07, 6.45) is 1.39. The zero-order valence-electron chi connectivity index (χ0n) is 11.0. The van der Waals surface area contributed by atoms with E-state index in [9.17, 15) is 4.79 Å². The summed E-state index contributed by atoms with van der Waals surface area (Å²) in [5.41, 5.74) is 11.5. The second kappa shape index (κ2) is 5.41. The van der Waals surface area contributed by atoms with Crippen molar-refractivity contribution < 1.29 is 14.3 Å². The third kappa shape index (κ3) is 2.61. The third-order valence-electron chi connectivity index (χ3n) is 3.33. The molecular formula is C12H18N4O3. The van der Waals surface area contributed by atoms with Crippen molar-refractivity contribution in [3.8, 4) is 0 Å². The van der Waals surface area contributed by atoms with E-state index >= 15 is 0 Å². The molecule has 0 radical (unpaired) electrons. The molecule has 1 aliphatic heterocycles. The molecule has 0 saturated carbocycles. The number of primary amides is 1. The summed E-state index contributed by atoms with van der Waals surface area (Å²) in [7, 11) is 3.29. The van der Waals surface area contributed by atoms with Crippen LogP contribution in [0.2, 0.25) is 0 Å². The average Bonchev–Trinajstić information content (AvgIpc) is 2.82. The highest BCUT2D eigenvalue weighted by Crippen LogP contribution is 2.24. The summed E-state index contributed by atoms with van der Waals surface area (Å²) < 4.78 is 10.7. The van der Waals surface area contributed by atoms with E-state index in [4.69, 9.17) is 20.9 Å². The van der Waals surface area contributed by atoms with Crippen molar-refractivity contribution in [1.82, 2.24) is 4.98 Å². The van der Waals surface area contributed by atoms with Crippen LogP contribution in [0.3, 0.4) is 0 Å². The first-order chi connectivity index (χ1) is 9.06. The molecule has 1 fully saturated rings. The fourth-order valence-corrected chi connectivity index (χ4v) is 2.23. The Morgan fingerprint density at radius 3 is 2.42 bits per heavy atom. The van der Waals surface area contributed by atoms with E-state index in [1.165, 1.54) is 6.20 Å². The van der Waals surface area contributed by atoms with Crippen molar-refractivity contribution in [2.45, 2.75) is 12.2 Å². The van der Waals surface area contributed by atoms with Gasteiger partial charge in [0, 0.05) is 27.3 Å². The van der Waals surface area contributed by atoms with Gasteiger partial charge >= 0.3 is 0 Å². The minimum absolute atomic E-state index is 0.0265. The van der Waals surface area contributed by atoms with E-state index in [0.717, 1.165) is 0 Å². The normalized spacial score (nSPS) is 22.7. The molecule has 0 bridgehead atoms. The highest BCUT2D eigenvalue weighted by atomic mass is 16.5. The summed E-state index contributed by atoms with van der Waals surface area (Å²) in [6, 6.07) is 1.60. The Morgan fingerprint density at radius 1 is 1.37 bits per heavy atom. The van der Waals surface area contributed by atoms with E-state index in [1.54, 1.807) is 20.3 Å². The van der Waals surface area contributed by atoms with Gasteiger partial charge in [-0.1, -0.05) is 0 Å². The maximum atomic E-state index is 11.3. The van der Waals surface area contributed by atoms with Gasteiger partial charge in [-0.3, -0.25) is 4.79 Å². The molecule has 2 heterocycles. The maximum Gasteiger partial charge on any atom is 0.250 e. The molecular weight excluding hydrogens is 248 g/mol. The third-order valence-corrected chi connectivity index (χ3v) is 3.33. The zero-order chi connectivity index (χ0) is 14.0. The van der Waals surface area contributed by atoms with Crippen LogP contribution in [0.25, 0.3) is 0 Å². The Morgan fingerprint density at radius 2 is 1.95 bits per heavy atom. The minimum Gasteiger partial charge on any atom is -0.397 e. The number of ether oxygens (including phenoxy) is 2. The van der Waals surface area contributed by atoms with Gasteiger partial charge in [-0.2, -0.15) is 0 Å². The van der Waals surface area contributed by atoms with Crippen LogP contribution in [0, 0.1) is 0 Å². The van der Waals surface area contributed by atoms with Crippen LogP contribution < -0.4 is 16.4 Å². The Bertz CT molecular complexity index is 468. The van der Waals surface area contributed by atoms with Gasteiger partial charge < -0.3 is 25.8 Å². The van der Waals surface area contributed by atoms with Gasteiger partial charge in [0.05, 0.1) is 17.4 Å². The highest BCUT2D eigenvalue weighted by Gasteiger charge is 2.33. The summed E-state index contributed by atoms with van der Waals surface area (Å²) in [5.74, 6) is 0.0801. The molecule has 1 saturated heterocycles. The molecule has 2 rings (SSSR count). The maximum absolute atomic E-state index is 11.3. The molecule has 2 atom stereocenters. The molecule has 2 unspecified atom stereocenters. The summed E-state index contributed by atoms with van der Waals surface area (Å²) in [6.45, 7) is 1.29. The Hall–Kier alpha value is -1.86. The standard InChI is InChI=1S/C12H18N4O3/c1-18-9-5-16(6-10(9)19-2)11-3-7(12(14)17)8(13)4-15-11/h3-4,9-10H,5-6,13H2,1-2H3,(H2,14,17). The van der Waals surface area contributed by atoms with Crippen LogP contribution in [0.15, 0.2) is 12.3 Å². The quantitative estimate of drug-likeness (QED) is 0.769. The van der Waals surface area contributed by atoms with Gasteiger partial charge in [-0.15, -0.1) is 0 Å². The molecule has 104 valence electrons. The van der Waals surface area contributed by atoms with Gasteiger partial charge in [0.25, 0.3) is 5.91 Å². The van der Waals surface area contributed by atoms with Gasteiger partial charge in [0.1, 0.15) is 18.0 Å². The predicted octanol–water partition coefficient (Wildman–Crippen LogP) is -0.387. The van der Waals surface area contributed by atoms with E-state index in [0.29, 0.717) is 18.9 Å². The van der Waals surface area contributed by atoms with Crippen LogP contribution in [-0.4, -0.2) is 50.4 Å². The summed E-state index contributed by atoms with van der Waals surface area (Å²) in [4.78, 5) is 17.5. The number of hydrogen-bond acceptors (Lipinski definition) is 6. The molecule has 1 aromatic heterocycles. The first-order valence-corrected chi connectivity index (χ1v) is 5.92. The second-order valence-electron chi connectivity index (χ2n) is 4.45. The lowest BCUT2D eigenvalue weighted by atomic mass is 10.2. The van der Waals surface area contributed by atoms with Crippen LogP contribution in [0.5, 0.6) is 0 Å². The van der Waals surface area contributed by atoms with E-state index in [2.05, 4.69) is 4.98 Å². The van der Waals surface area contributed by atoms with Gasteiger partial charge in [0.2, 0.25) is 0 Å². The summed E-state index contributed by atoms with van der Waals surface area (Å²) in [5, 5.41) is 0. The lowest BCUT2D eigenvalue weighted by Crippen LogP contribution is -2.27. The highest BCUT2D eigenvalue weighted by molar-refractivity contribution is 5.98. The number of aromatic nitrogens is 1. The molecule has 1 amide bonds. The van der Waals surface area contributed by atoms with Gasteiger partial charge in [-0.05, 0) is 6.07 Å². The van der Waals surface area contributed by atoms with Crippen LogP contribution in [0.4, 0.5) is 11.5 Å². The number of carbonyl (C=O) groups excluding carboxylic acids is 1. The van der Waals surface area contributed by atoms with E-state index in [1.807, 2.05) is 4.90 Å². The minimum atomic E-state index is -0.563. The van der Waals surface area contributed by atoms with Crippen LogP contribution in [-0.2, 0) is 9.47 Å². The number of rotatable bonds is 4. The lowest BCUT2D eigenvalue weighted by molar-refractivity contribution is -0.00461. The van der Waals surface area contributed by atoms with Crippen molar-refractivity contribution >= 4 is 17.4 Å². The van der Waals surface area contributed by atoms with Crippen molar-refractivity contribution in [1.29, 1.82) is 0 Å². The molecule has 0 aliphatic carbocycles. The van der Waals surface area contributed by atoms with E-state index < -0.39 is 5.91 Å². The number of methoxy groups -OCH3 is 2. The fourth-order valence-electron chi connectivity index (χ4n) is 2.23. The zero-order valence-corrected chi connectivity index (χ0v) is 11.0. The van der Waals surface area contributed by atoms with Crippen LogP contribution >= 0.6 is 0 Å². The van der Waals surface area contributed by atoms with Crippen LogP contribution in [0.1, 0.15) is 10.4 Å². The topological polar surface area (TPSA) is 104 Å². The Kier molecular flexibility index (Phi) is 3.87. The molecule has 0 spiro atoms. The first kappa shape index (κ1) is 13.6. The Balaban J connectivity index is 2.24. The molecule has 1 aliphatic rings. The first-order valence-electron chi connectivity index (χ1n) is 5.92. The average molecular weight is 266 g/mol. The number of anilines is 2. The molecule has 4 N–H and O–H groups in total.